The smallest absolute Gasteiger partial charge is 0.127 e. The predicted octanol–water partition coefficient (Wildman–Crippen LogP) is 2.39. The molecule has 0 radical (unpaired) electrons. The molecule has 4 heteroatoms. The Bertz CT molecular complexity index is 355. The summed E-state index contributed by atoms with van der Waals surface area (Å²) >= 11 is 0. The molecule has 1 rings (SSSR count). The quantitative estimate of drug-likeness (QED) is 0.722. The molecule has 1 unspecified atom stereocenters. The number of methoxy groups -OCH3 is 3. The highest BCUT2D eigenvalue weighted by molar-refractivity contribution is 5.42. The highest BCUT2D eigenvalue weighted by Gasteiger charge is 2.11. The Balaban J connectivity index is 2.63. The van der Waals surface area contributed by atoms with Crippen LogP contribution in [0.3, 0.4) is 0 Å². The maximum Gasteiger partial charge on any atom is 0.127 e. The maximum absolute atomic E-state index is 5.39. The largest absolute Gasteiger partial charge is 0.497 e. The number of rotatable bonds is 8. The van der Waals surface area contributed by atoms with Crippen molar-refractivity contribution in [2.75, 3.05) is 34.5 Å². The molecule has 1 atom stereocenters. The number of hydrogen-bond acceptors (Lipinski definition) is 4. The first-order valence-electron chi connectivity index (χ1n) is 6.17. The van der Waals surface area contributed by atoms with Crippen molar-refractivity contribution < 1.29 is 14.2 Å². The van der Waals surface area contributed by atoms with Crippen LogP contribution in [0.15, 0.2) is 18.2 Å². The van der Waals surface area contributed by atoms with Gasteiger partial charge in [0.2, 0.25) is 0 Å². The zero-order valence-corrected chi connectivity index (χ0v) is 11.7. The summed E-state index contributed by atoms with van der Waals surface area (Å²) in [6.07, 6.45) is 0.999. The molecule has 4 nitrogen and oxygen atoms in total. The third kappa shape index (κ3) is 4.20. The lowest BCUT2D eigenvalue weighted by Gasteiger charge is -2.18. The van der Waals surface area contributed by atoms with Gasteiger partial charge in [-0.1, -0.05) is 6.07 Å². The van der Waals surface area contributed by atoms with Crippen molar-refractivity contribution in [3.63, 3.8) is 0 Å². The summed E-state index contributed by atoms with van der Waals surface area (Å²) in [6, 6.07) is 6.13. The normalized spacial score (nSPS) is 12.2. The Hall–Kier alpha value is -1.26. The monoisotopic (exact) mass is 253 g/mol. The van der Waals surface area contributed by atoms with Crippen molar-refractivity contribution in [2.45, 2.75) is 19.4 Å². The Morgan fingerprint density at radius 1 is 1.17 bits per heavy atom. The molecule has 0 fully saturated rings. The molecule has 0 aliphatic carbocycles. The number of benzene rings is 1. The van der Waals surface area contributed by atoms with Crippen LogP contribution in [-0.4, -0.2) is 34.5 Å². The molecule has 0 saturated carbocycles. The summed E-state index contributed by atoms with van der Waals surface area (Å²) in [4.78, 5) is 0. The van der Waals surface area contributed by atoms with Gasteiger partial charge in [0.1, 0.15) is 11.5 Å². The first-order valence-corrected chi connectivity index (χ1v) is 6.17. The Morgan fingerprint density at radius 2 is 1.94 bits per heavy atom. The van der Waals surface area contributed by atoms with Gasteiger partial charge in [-0.25, -0.2) is 0 Å². The molecule has 0 saturated heterocycles. The van der Waals surface area contributed by atoms with Crippen molar-refractivity contribution in [3.8, 4) is 11.5 Å². The van der Waals surface area contributed by atoms with Gasteiger partial charge in [-0.2, -0.15) is 0 Å². The Labute approximate surface area is 109 Å². The topological polar surface area (TPSA) is 39.7 Å². The van der Waals surface area contributed by atoms with E-state index < -0.39 is 0 Å². The summed E-state index contributed by atoms with van der Waals surface area (Å²) in [5.41, 5.74) is 1.13. The van der Waals surface area contributed by atoms with Crippen LogP contribution in [0.4, 0.5) is 0 Å². The molecule has 0 bridgehead atoms. The van der Waals surface area contributed by atoms with E-state index in [0.29, 0.717) is 0 Å². The van der Waals surface area contributed by atoms with E-state index in [1.165, 1.54) is 0 Å². The highest BCUT2D eigenvalue weighted by atomic mass is 16.5. The second-order valence-corrected chi connectivity index (χ2v) is 4.13. The molecule has 0 aliphatic rings. The minimum Gasteiger partial charge on any atom is -0.497 e. The van der Waals surface area contributed by atoms with Crippen molar-refractivity contribution in [3.05, 3.63) is 23.8 Å². The fourth-order valence-corrected chi connectivity index (χ4v) is 1.82. The van der Waals surface area contributed by atoms with Crippen molar-refractivity contribution in [1.29, 1.82) is 0 Å². The minimum absolute atomic E-state index is 0.239. The summed E-state index contributed by atoms with van der Waals surface area (Å²) in [5, 5.41) is 3.45. The standard InChI is InChI=1S/C14H23NO3/c1-11(15-8-5-9-16-2)13-7-6-12(17-3)10-14(13)18-4/h6-7,10-11,15H,5,8-9H2,1-4H3. The summed E-state index contributed by atoms with van der Waals surface area (Å²) in [5.74, 6) is 1.66. The van der Waals surface area contributed by atoms with E-state index in [-0.39, 0.29) is 6.04 Å². The van der Waals surface area contributed by atoms with Crippen molar-refractivity contribution >= 4 is 0 Å². The molecule has 1 aromatic carbocycles. The molecule has 1 aromatic rings. The Kier molecular flexibility index (Phi) is 6.54. The van der Waals surface area contributed by atoms with Crippen LogP contribution in [-0.2, 0) is 4.74 Å². The van der Waals surface area contributed by atoms with Gasteiger partial charge in [0.15, 0.2) is 0 Å². The number of hydrogen-bond donors (Lipinski definition) is 1. The second kappa shape index (κ2) is 7.95. The average molecular weight is 253 g/mol. The van der Waals surface area contributed by atoms with Crippen molar-refractivity contribution in [1.82, 2.24) is 5.32 Å². The van der Waals surface area contributed by atoms with Crippen molar-refractivity contribution in [2.24, 2.45) is 0 Å². The second-order valence-electron chi connectivity index (χ2n) is 4.13. The third-order valence-electron chi connectivity index (χ3n) is 2.88. The Morgan fingerprint density at radius 3 is 2.56 bits per heavy atom. The lowest BCUT2D eigenvalue weighted by atomic mass is 10.1. The third-order valence-corrected chi connectivity index (χ3v) is 2.88. The van der Waals surface area contributed by atoms with E-state index in [1.54, 1.807) is 21.3 Å². The lowest BCUT2D eigenvalue weighted by molar-refractivity contribution is 0.193. The summed E-state index contributed by atoms with van der Waals surface area (Å²) < 4.78 is 15.6. The molecule has 0 aliphatic heterocycles. The van der Waals surface area contributed by atoms with Gasteiger partial charge >= 0.3 is 0 Å². The van der Waals surface area contributed by atoms with E-state index in [2.05, 4.69) is 12.2 Å². The molecule has 18 heavy (non-hydrogen) atoms. The highest BCUT2D eigenvalue weighted by Crippen LogP contribution is 2.29. The average Bonchev–Trinajstić information content (AvgIpc) is 2.42. The SMILES string of the molecule is COCCCNC(C)c1ccc(OC)cc1OC. The lowest BCUT2D eigenvalue weighted by Crippen LogP contribution is -2.21. The fourth-order valence-electron chi connectivity index (χ4n) is 1.82. The minimum atomic E-state index is 0.239. The molecule has 0 aromatic heterocycles. The maximum atomic E-state index is 5.39. The van der Waals surface area contributed by atoms with Gasteiger partial charge in [-0.05, 0) is 26.0 Å². The van der Waals surface area contributed by atoms with Gasteiger partial charge in [-0.15, -0.1) is 0 Å². The van der Waals surface area contributed by atoms with Crippen LogP contribution in [0.1, 0.15) is 24.9 Å². The van der Waals surface area contributed by atoms with E-state index >= 15 is 0 Å². The fraction of sp³-hybridized carbons (Fsp3) is 0.571. The van der Waals surface area contributed by atoms with Crippen LogP contribution in [0.25, 0.3) is 0 Å². The van der Waals surface area contributed by atoms with Gasteiger partial charge in [0, 0.05) is 31.4 Å². The van der Waals surface area contributed by atoms with E-state index in [4.69, 9.17) is 14.2 Å². The molecular formula is C14H23NO3. The number of nitrogens with one attached hydrogen (secondary N) is 1. The molecule has 0 amide bonds. The van der Waals surface area contributed by atoms with E-state index in [9.17, 15) is 0 Å². The predicted molar refractivity (Wildman–Crippen MR) is 72.5 cm³/mol. The molecular weight excluding hydrogens is 230 g/mol. The van der Waals surface area contributed by atoms with Gasteiger partial charge in [0.25, 0.3) is 0 Å². The zero-order chi connectivity index (χ0) is 13.4. The number of ether oxygens (including phenoxy) is 3. The van der Waals surface area contributed by atoms with Crippen LogP contribution in [0.5, 0.6) is 11.5 Å². The first-order chi connectivity index (χ1) is 8.72. The van der Waals surface area contributed by atoms with Gasteiger partial charge < -0.3 is 19.5 Å². The van der Waals surface area contributed by atoms with E-state index in [1.807, 2.05) is 18.2 Å². The molecule has 0 spiro atoms. The molecule has 1 N–H and O–H groups in total. The first kappa shape index (κ1) is 14.8. The van der Waals surface area contributed by atoms with Crippen LogP contribution >= 0.6 is 0 Å². The van der Waals surface area contributed by atoms with Crippen LogP contribution < -0.4 is 14.8 Å². The molecule has 102 valence electrons. The van der Waals surface area contributed by atoms with Crippen LogP contribution in [0.2, 0.25) is 0 Å². The molecule has 0 heterocycles. The summed E-state index contributed by atoms with van der Waals surface area (Å²) in [7, 11) is 5.05. The van der Waals surface area contributed by atoms with E-state index in [0.717, 1.165) is 36.6 Å². The summed E-state index contributed by atoms with van der Waals surface area (Å²) in [6.45, 7) is 3.82. The van der Waals surface area contributed by atoms with Gasteiger partial charge in [-0.3, -0.25) is 0 Å². The van der Waals surface area contributed by atoms with Crippen LogP contribution in [0, 0.1) is 0 Å². The van der Waals surface area contributed by atoms with Gasteiger partial charge in [0.05, 0.1) is 14.2 Å². The zero-order valence-electron chi connectivity index (χ0n) is 11.7.